The second-order valence-electron chi connectivity index (χ2n) is 7.24. The van der Waals surface area contributed by atoms with E-state index in [1.54, 1.807) is 6.21 Å². The third-order valence-electron chi connectivity index (χ3n) is 5.06. The van der Waals surface area contributed by atoms with Crippen molar-refractivity contribution < 1.29 is 9.53 Å². The van der Waals surface area contributed by atoms with Crippen LogP contribution in [0.3, 0.4) is 0 Å². The number of para-hydroxylation sites is 1. The lowest BCUT2D eigenvalue weighted by atomic mass is 10.1. The van der Waals surface area contributed by atoms with Gasteiger partial charge in [-0.1, -0.05) is 84.9 Å². The van der Waals surface area contributed by atoms with Crippen molar-refractivity contribution in [2.75, 3.05) is 0 Å². The summed E-state index contributed by atoms with van der Waals surface area (Å²) >= 11 is 0. The van der Waals surface area contributed by atoms with E-state index < -0.39 is 0 Å². The summed E-state index contributed by atoms with van der Waals surface area (Å²) in [6.07, 6.45) is 2.70. The highest BCUT2D eigenvalue weighted by Crippen LogP contribution is 2.22. The molecule has 0 saturated heterocycles. The van der Waals surface area contributed by atoms with Gasteiger partial charge in [-0.2, -0.15) is 5.10 Å². The molecule has 0 aliphatic heterocycles. The predicted molar refractivity (Wildman–Crippen MR) is 125 cm³/mol. The van der Waals surface area contributed by atoms with Gasteiger partial charge in [0, 0.05) is 12.0 Å². The molecule has 0 radical (unpaired) electrons. The van der Waals surface area contributed by atoms with Crippen molar-refractivity contribution in [2.45, 2.75) is 19.4 Å². The summed E-state index contributed by atoms with van der Waals surface area (Å²) in [5.41, 5.74) is 5.67. The summed E-state index contributed by atoms with van der Waals surface area (Å²) in [7, 11) is 0. The van der Waals surface area contributed by atoms with Crippen molar-refractivity contribution in [1.82, 2.24) is 5.43 Å². The lowest BCUT2D eigenvalue weighted by Gasteiger charge is -2.11. The number of benzene rings is 4. The van der Waals surface area contributed by atoms with E-state index in [0.29, 0.717) is 19.4 Å². The molecule has 0 bridgehead atoms. The zero-order valence-electron chi connectivity index (χ0n) is 17.2. The number of hydrogen-bond donors (Lipinski definition) is 1. The van der Waals surface area contributed by atoms with Crippen molar-refractivity contribution in [1.29, 1.82) is 0 Å². The SMILES string of the molecule is O=C(CCc1ccccc1)N/N=C\c1ccccc1OCc1cccc2ccccc12. The van der Waals surface area contributed by atoms with E-state index in [-0.39, 0.29) is 5.91 Å². The largest absolute Gasteiger partial charge is 0.488 e. The molecule has 1 amide bonds. The van der Waals surface area contributed by atoms with Crippen LogP contribution in [0, 0.1) is 0 Å². The third kappa shape index (κ3) is 5.58. The van der Waals surface area contributed by atoms with Gasteiger partial charge in [-0.25, -0.2) is 5.43 Å². The van der Waals surface area contributed by atoms with Gasteiger partial charge in [-0.3, -0.25) is 4.79 Å². The quantitative estimate of drug-likeness (QED) is 0.309. The average molecular weight is 409 g/mol. The molecular formula is C27H24N2O2. The van der Waals surface area contributed by atoms with Gasteiger partial charge < -0.3 is 4.74 Å². The van der Waals surface area contributed by atoms with Crippen LogP contribution < -0.4 is 10.2 Å². The van der Waals surface area contributed by atoms with Crippen LogP contribution in [0.5, 0.6) is 5.75 Å². The van der Waals surface area contributed by atoms with E-state index in [1.165, 1.54) is 10.8 Å². The summed E-state index contributed by atoms with van der Waals surface area (Å²) in [5.74, 6) is 0.604. The van der Waals surface area contributed by atoms with E-state index in [1.807, 2.05) is 72.8 Å². The number of carbonyl (C=O) groups is 1. The molecule has 0 saturated carbocycles. The highest BCUT2D eigenvalue weighted by atomic mass is 16.5. The summed E-state index contributed by atoms with van der Waals surface area (Å²) in [6, 6.07) is 32.1. The lowest BCUT2D eigenvalue weighted by Crippen LogP contribution is -2.17. The summed E-state index contributed by atoms with van der Waals surface area (Å²) in [6.45, 7) is 0.454. The first-order valence-electron chi connectivity index (χ1n) is 10.3. The first kappa shape index (κ1) is 20.4. The Bertz CT molecular complexity index is 1180. The van der Waals surface area contributed by atoms with Crippen molar-refractivity contribution in [2.24, 2.45) is 5.10 Å². The molecule has 1 N–H and O–H groups in total. The number of ether oxygens (including phenoxy) is 1. The third-order valence-corrected chi connectivity index (χ3v) is 5.06. The summed E-state index contributed by atoms with van der Waals surface area (Å²) in [5, 5.41) is 6.49. The van der Waals surface area contributed by atoms with Crippen LogP contribution >= 0.6 is 0 Å². The molecule has 0 heterocycles. The van der Waals surface area contributed by atoms with Gasteiger partial charge >= 0.3 is 0 Å². The zero-order valence-corrected chi connectivity index (χ0v) is 17.2. The highest BCUT2D eigenvalue weighted by Gasteiger charge is 2.05. The fourth-order valence-electron chi connectivity index (χ4n) is 3.42. The lowest BCUT2D eigenvalue weighted by molar-refractivity contribution is -0.121. The van der Waals surface area contributed by atoms with Crippen molar-refractivity contribution in [3.8, 4) is 5.75 Å². The van der Waals surface area contributed by atoms with Crippen LogP contribution in [0.15, 0.2) is 102 Å². The Morgan fingerprint density at radius 3 is 2.48 bits per heavy atom. The van der Waals surface area contributed by atoms with Gasteiger partial charge in [0.15, 0.2) is 0 Å². The molecule has 4 rings (SSSR count). The van der Waals surface area contributed by atoms with Crippen LogP contribution in [0.2, 0.25) is 0 Å². The fraction of sp³-hybridized carbons (Fsp3) is 0.111. The maximum absolute atomic E-state index is 12.1. The Morgan fingerprint density at radius 2 is 1.58 bits per heavy atom. The summed E-state index contributed by atoms with van der Waals surface area (Å²) in [4.78, 5) is 12.1. The molecule has 0 spiro atoms. The first-order chi connectivity index (χ1) is 15.3. The normalized spacial score (nSPS) is 11.0. The fourth-order valence-corrected chi connectivity index (χ4v) is 3.42. The molecule has 154 valence electrons. The molecule has 0 aliphatic carbocycles. The van der Waals surface area contributed by atoms with Crippen molar-refractivity contribution >= 4 is 22.9 Å². The van der Waals surface area contributed by atoms with E-state index >= 15 is 0 Å². The Kier molecular flexibility index (Phi) is 6.71. The number of hydrazone groups is 1. The number of amides is 1. The minimum atomic E-state index is -0.116. The molecule has 4 aromatic carbocycles. The van der Waals surface area contributed by atoms with Crippen molar-refractivity contribution in [3.63, 3.8) is 0 Å². The number of fused-ring (bicyclic) bond motifs is 1. The van der Waals surface area contributed by atoms with Gasteiger partial charge in [-0.05, 0) is 40.5 Å². The average Bonchev–Trinajstić information content (AvgIpc) is 2.83. The smallest absolute Gasteiger partial charge is 0.240 e. The number of hydrogen-bond acceptors (Lipinski definition) is 3. The molecule has 0 fully saturated rings. The van der Waals surface area contributed by atoms with Crippen LogP contribution in [0.1, 0.15) is 23.1 Å². The zero-order chi connectivity index (χ0) is 21.3. The molecule has 0 unspecified atom stereocenters. The van der Waals surface area contributed by atoms with Gasteiger partial charge in [0.05, 0.1) is 6.21 Å². The minimum absolute atomic E-state index is 0.116. The maximum Gasteiger partial charge on any atom is 0.240 e. The highest BCUT2D eigenvalue weighted by molar-refractivity contribution is 5.86. The van der Waals surface area contributed by atoms with Gasteiger partial charge in [-0.15, -0.1) is 0 Å². The van der Waals surface area contributed by atoms with E-state index in [0.717, 1.165) is 22.4 Å². The van der Waals surface area contributed by atoms with E-state index in [4.69, 9.17) is 4.74 Å². The molecule has 31 heavy (non-hydrogen) atoms. The Hall–Kier alpha value is -3.92. The van der Waals surface area contributed by atoms with Crippen LogP contribution in [-0.4, -0.2) is 12.1 Å². The molecule has 4 nitrogen and oxygen atoms in total. The number of nitrogens with zero attached hydrogens (tertiary/aromatic N) is 1. The predicted octanol–water partition coefficient (Wildman–Crippen LogP) is 5.50. The number of nitrogens with one attached hydrogen (secondary N) is 1. The molecule has 4 aromatic rings. The molecule has 0 aliphatic rings. The second-order valence-corrected chi connectivity index (χ2v) is 7.24. The monoisotopic (exact) mass is 408 g/mol. The molecule has 4 heteroatoms. The van der Waals surface area contributed by atoms with Crippen LogP contribution in [0.4, 0.5) is 0 Å². The standard InChI is InChI=1S/C27H24N2O2/c30-27(18-17-21-9-2-1-3-10-21)29-28-19-23-12-5-7-16-26(23)31-20-24-14-8-13-22-11-4-6-15-25(22)24/h1-16,19H,17-18,20H2,(H,29,30)/b28-19-. The molecule has 0 aromatic heterocycles. The van der Waals surface area contributed by atoms with Gasteiger partial charge in [0.25, 0.3) is 0 Å². The van der Waals surface area contributed by atoms with Gasteiger partial charge in [0.1, 0.15) is 12.4 Å². The number of aryl methyl sites for hydroxylation is 1. The van der Waals surface area contributed by atoms with E-state index in [2.05, 4.69) is 34.8 Å². The van der Waals surface area contributed by atoms with Gasteiger partial charge in [0.2, 0.25) is 5.91 Å². The first-order valence-corrected chi connectivity index (χ1v) is 10.3. The Morgan fingerprint density at radius 1 is 0.839 bits per heavy atom. The maximum atomic E-state index is 12.1. The summed E-state index contributed by atoms with van der Waals surface area (Å²) < 4.78 is 6.09. The number of rotatable bonds is 8. The van der Waals surface area contributed by atoms with Crippen molar-refractivity contribution in [3.05, 3.63) is 114 Å². The minimum Gasteiger partial charge on any atom is -0.488 e. The van der Waals surface area contributed by atoms with E-state index in [9.17, 15) is 4.79 Å². The Labute approximate surface area is 182 Å². The molecule has 0 atom stereocenters. The topological polar surface area (TPSA) is 50.7 Å². The Balaban J connectivity index is 1.36. The molecular weight excluding hydrogens is 384 g/mol. The number of carbonyl (C=O) groups excluding carboxylic acids is 1. The van der Waals surface area contributed by atoms with Crippen LogP contribution in [-0.2, 0) is 17.8 Å². The second kappa shape index (κ2) is 10.2. The van der Waals surface area contributed by atoms with Crippen LogP contribution in [0.25, 0.3) is 10.8 Å².